The molecule has 1 rings (SSSR count). The van der Waals surface area contributed by atoms with Crippen LogP contribution in [0.2, 0.25) is 0 Å². The third kappa shape index (κ3) is 2.64. The fourth-order valence-corrected chi connectivity index (χ4v) is 1.50. The molecule has 1 aromatic carbocycles. The first-order valence-electron chi connectivity index (χ1n) is 4.37. The molecule has 0 aliphatic rings. The normalized spacial score (nSPS) is 10.2. The van der Waals surface area contributed by atoms with Gasteiger partial charge in [0, 0.05) is 23.2 Å². The number of nitrogens with zero attached hydrogens (tertiary/aromatic N) is 1. The Balaban J connectivity index is 3.15. The summed E-state index contributed by atoms with van der Waals surface area (Å²) in [4.78, 5) is 13.0. The lowest BCUT2D eigenvalue weighted by atomic mass is 10.2. The number of carbonyl (C=O) groups excluding carboxylic acids is 1. The van der Waals surface area contributed by atoms with Gasteiger partial charge in [-0.1, -0.05) is 0 Å². The third-order valence-corrected chi connectivity index (χ3v) is 2.89. The Bertz CT molecular complexity index is 395. The van der Waals surface area contributed by atoms with Crippen LogP contribution in [-0.4, -0.2) is 24.4 Å². The Kier molecular flexibility index (Phi) is 4.01. The highest BCUT2D eigenvalue weighted by Gasteiger charge is 2.17. The number of hydrogen-bond donors (Lipinski definition) is 0. The van der Waals surface area contributed by atoms with Gasteiger partial charge in [-0.15, -0.1) is 0 Å². The van der Waals surface area contributed by atoms with Crippen molar-refractivity contribution < 1.29 is 13.6 Å². The van der Waals surface area contributed by atoms with Crippen LogP contribution in [0.15, 0.2) is 12.1 Å². The van der Waals surface area contributed by atoms with Gasteiger partial charge in [0.1, 0.15) is 11.6 Å². The molecule has 0 saturated carbocycles. The SMILES string of the molecule is CCN(C)C(=O)c1cc(I)c(F)cc1F. The van der Waals surface area contributed by atoms with Crippen molar-refractivity contribution >= 4 is 28.5 Å². The van der Waals surface area contributed by atoms with E-state index >= 15 is 0 Å². The summed E-state index contributed by atoms with van der Waals surface area (Å²) in [7, 11) is 1.57. The van der Waals surface area contributed by atoms with Gasteiger partial charge in [-0.3, -0.25) is 4.79 Å². The summed E-state index contributed by atoms with van der Waals surface area (Å²) >= 11 is 1.72. The summed E-state index contributed by atoms with van der Waals surface area (Å²) in [6.45, 7) is 2.26. The molecule has 82 valence electrons. The largest absolute Gasteiger partial charge is 0.342 e. The van der Waals surface area contributed by atoms with Crippen molar-refractivity contribution in [1.29, 1.82) is 0 Å². The quantitative estimate of drug-likeness (QED) is 0.605. The van der Waals surface area contributed by atoms with Crippen LogP contribution < -0.4 is 0 Å². The number of carbonyl (C=O) groups is 1. The van der Waals surface area contributed by atoms with Crippen molar-refractivity contribution in [2.24, 2.45) is 0 Å². The van der Waals surface area contributed by atoms with Crippen LogP contribution in [0.3, 0.4) is 0 Å². The van der Waals surface area contributed by atoms with Gasteiger partial charge in [0.25, 0.3) is 5.91 Å². The molecular formula is C10H10F2INO. The molecule has 0 radical (unpaired) electrons. The van der Waals surface area contributed by atoms with E-state index in [0.717, 1.165) is 6.07 Å². The van der Waals surface area contributed by atoms with Crippen molar-refractivity contribution in [1.82, 2.24) is 4.90 Å². The lowest BCUT2D eigenvalue weighted by Gasteiger charge is -2.15. The van der Waals surface area contributed by atoms with Gasteiger partial charge in [-0.05, 0) is 35.6 Å². The van der Waals surface area contributed by atoms with E-state index in [9.17, 15) is 13.6 Å². The highest BCUT2D eigenvalue weighted by atomic mass is 127. The zero-order valence-corrected chi connectivity index (χ0v) is 10.5. The molecule has 1 amide bonds. The number of amides is 1. The van der Waals surface area contributed by atoms with Gasteiger partial charge < -0.3 is 4.90 Å². The predicted molar refractivity (Wildman–Crippen MR) is 61.7 cm³/mol. The van der Waals surface area contributed by atoms with Gasteiger partial charge in [0.15, 0.2) is 0 Å². The minimum atomic E-state index is -0.821. The number of hydrogen-bond acceptors (Lipinski definition) is 1. The molecule has 0 bridgehead atoms. The second kappa shape index (κ2) is 4.87. The van der Waals surface area contributed by atoms with E-state index in [4.69, 9.17) is 0 Å². The first-order chi connectivity index (χ1) is 6.97. The average molecular weight is 325 g/mol. The Labute approximate surface area is 100 Å². The van der Waals surface area contributed by atoms with Crippen molar-refractivity contribution in [3.8, 4) is 0 Å². The zero-order chi connectivity index (χ0) is 11.6. The van der Waals surface area contributed by atoms with E-state index in [0.29, 0.717) is 6.54 Å². The highest BCUT2D eigenvalue weighted by molar-refractivity contribution is 14.1. The molecule has 0 N–H and O–H groups in total. The summed E-state index contributed by atoms with van der Waals surface area (Å²) in [5, 5.41) is 0. The number of benzene rings is 1. The monoisotopic (exact) mass is 325 g/mol. The molecule has 0 spiro atoms. The van der Waals surface area contributed by atoms with E-state index in [2.05, 4.69) is 0 Å². The molecule has 0 aliphatic carbocycles. The molecule has 0 fully saturated rings. The van der Waals surface area contributed by atoms with Crippen LogP contribution >= 0.6 is 22.6 Å². The Morgan fingerprint density at radius 1 is 1.40 bits per heavy atom. The molecule has 2 nitrogen and oxygen atoms in total. The van der Waals surface area contributed by atoms with Gasteiger partial charge in [0.2, 0.25) is 0 Å². The van der Waals surface area contributed by atoms with Gasteiger partial charge >= 0.3 is 0 Å². The van der Waals surface area contributed by atoms with Gasteiger partial charge in [-0.25, -0.2) is 8.78 Å². The van der Waals surface area contributed by atoms with Crippen molar-refractivity contribution in [3.05, 3.63) is 32.9 Å². The van der Waals surface area contributed by atoms with E-state index in [1.54, 1.807) is 36.6 Å². The molecule has 0 aromatic heterocycles. The number of rotatable bonds is 2. The average Bonchev–Trinajstić information content (AvgIpc) is 2.21. The minimum Gasteiger partial charge on any atom is -0.342 e. The minimum absolute atomic E-state index is 0.0925. The number of halogens is 3. The Morgan fingerprint density at radius 3 is 2.53 bits per heavy atom. The smallest absolute Gasteiger partial charge is 0.256 e. The summed E-state index contributed by atoms with van der Waals surface area (Å²) in [5.74, 6) is -1.91. The molecule has 0 heterocycles. The van der Waals surface area contributed by atoms with Gasteiger partial charge in [0.05, 0.1) is 5.56 Å². The maximum Gasteiger partial charge on any atom is 0.256 e. The molecule has 5 heteroatoms. The summed E-state index contributed by atoms with van der Waals surface area (Å²) in [6, 6.07) is 1.96. The maximum atomic E-state index is 13.3. The van der Waals surface area contributed by atoms with Crippen LogP contribution in [0.1, 0.15) is 17.3 Å². The molecule has 15 heavy (non-hydrogen) atoms. The highest BCUT2D eigenvalue weighted by Crippen LogP contribution is 2.17. The van der Waals surface area contributed by atoms with Crippen molar-refractivity contribution in [2.45, 2.75) is 6.92 Å². The Hall–Kier alpha value is -0.720. The Morgan fingerprint density at radius 2 is 2.00 bits per heavy atom. The molecule has 0 unspecified atom stereocenters. The summed E-state index contributed by atoms with van der Waals surface area (Å²) in [6.07, 6.45) is 0. The van der Waals surface area contributed by atoms with Crippen LogP contribution in [0.25, 0.3) is 0 Å². The van der Waals surface area contributed by atoms with Crippen LogP contribution in [0.4, 0.5) is 8.78 Å². The lowest BCUT2D eigenvalue weighted by Crippen LogP contribution is -2.27. The van der Waals surface area contributed by atoms with Crippen LogP contribution in [0.5, 0.6) is 0 Å². The van der Waals surface area contributed by atoms with E-state index in [-0.39, 0.29) is 9.13 Å². The lowest BCUT2D eigenvalue weighted by molar-refractivity contribution is 0.0797. The summed E-state index contributed by atoms with van der Waals surface area (Å²) < 4.78 is 26.5. The molecule has 0 aliphatic heterocycles. The molecule has 1 aromatic rings. The summed E-state index contributed by atoms with van der Waals surface area (Å²) in [5.41, 5.74) is -0.0925. The van der Waals surface area contributed by atoms with E-state index < -0.39 is 17.5 Å². The van der Waals surface area contributed by atoms with Crippen molar-refractivity contribution in [2.75, 3.05) is 13.6 Å². The van der Waals surface area contributed by atoms with Gasteiger partial charge in [-0.2, -0.15) is 0 Å². The second-order valence-electron chi connectivity index (χ2n) is 3.07. The van der Waals surface area contributed by atoms with Crippen molar-refractivity contribution in [3.63, 3.8) is 0 Å². The molecular weight excluding hydrogens is 315 g/mol. The van der Waals surface area contributed by atoms with E-state index in [1.165, 1.54) is 11.0 Å². The van der Waals surface area contributed by atoms with Crippen LogP contribution in [0, 0.1) is 15.2 Å². The van der Waals surface area contributed by atoms with E-state index in [1.807, 2.05) is 0 Å². The zero-order valence-electron chi connectivity index (χ0n) is 8.35. The third-order valence-electron chi connectivity index (χ3n) is 2.06. The predicted octanol–water partition coefficient (Wildman–Crippen LogP) is 2.66. The van der Waals surface area contributed by atoms with Crippen LogP contribution in [-0.2, 0) is 0 Å². The first kappa shape index (κ1) is 12.4. The second-order valence-corrected chi connectivity index (χ2v) is 4.23. The maximum absolute atomic E-state index is 13.3. The fraction of sp³-hybridized carbons (Fsp3) is 0.300. The molecule has 0 atom stereocenters. The molecule has 0 saturated heterocycles. The first-order valence-corrected chi connectivity index (χ1v) is 5.45. The topological polar surface area (TPSA) is 20.3 Å². The fourth-order valence-electron chi connectivity index (χ4n) is 1.04. The standard InChI is InChI=1S/C10H10F2INO/c1-3-14(2)10(15)6-4-9(13)8(12)5-7(6)11/h4-5H,3H2,1-2H3.